The molecule has 0 radical (unpaired) electrons. The van der Waals surface area contributed by atoms with Crippen molar-refractivity contribution in [3.05, 3.63) is 96.0 Å². The molecule has 26 heavy (non-hydrogen) atoms. The van der Waals surface area contributed by atoms with Gasteiger partial charge in [0.15, 0.2) is 0 Å². The lowest BCUT2D eigenvalue weighted by Crippen LogP contribution is -1.84. The van der Waals surface area contributed by atoms with Crippen molar-refractivity contribution in [2.75, 3.05) is 0 Å². The van der Waals surface area contributed by atoms with Gasteiger partial charge in [-0.15, -0.1) is 0 Å². The van der Waals surface area contributed by atoms with Crippen molar-refractivity contribution >= 4 is 22.4 Å². The van der Waals surface area contributed by atoms with E-state index in [9.17, 15) is 9.65 Å². The molecule has 0 saturated heterocycles. The zero-order valence-corrected chi connectivity index (χ0v) is 13.8. The summed E-state index contributed by atoms with van der Waals surface area (Å²) in [5, 5.41) is 11.8. The van der Waals surface area contributed by atoms with E-state index < -0.39 is 0 Å². The average Bonchev–Trinajstić information content (AvgIpc) is 3.15. The van der Waals surface area contributed by atoms with Crippen LogP contribution in [0, 0.1) is 17.1 Å². The van der Waals surface area contributed by atoms with E-state index in [4.69, 9.17) is 4.42 Å². The molecular weight excluding hydrogens is 325 g/mol. The van der Waals surface area contributed by atoms with Crippen LogP contribution < -0.4 is 0 Å². The molecule has 0 aliphatic rings. The van der Waals surface area contributed by atoms with Crippen molar-refractivity contribution in [2.45, 2.75) is 0 Å². The molecule has 2 nitrogen and oxygen atoms in total. The summed E-state index contributed by atoms with van der Waals surface area (Å²) in [6, 6.07) is 25.9. The zero-order valence-electron chi connectivity index (χ0n) is 13.8. The molecule has 3 aromatic carbocycles. The first-order chi connectivity index (χ1) is 12.7. The Bertz CT molecular complexity index is 1140. The normalized spacial score (nSPS) is 11.5. The minimum absolute atomic E-state index is 0.289. The van der Waals surface area contributed by atoms with E-state index in [1.807, 2.05) is 48.5 Å². The van der Waals surface area contributed by atoms with Gasteiger partial charge in [0.05, 0.1) is 11.6 Å². The van der Waals surface area contributed by atoms with Gasteiger partial charge in [-0.1, -0.05) is 42.5 Å². The second-order valence-corrected chi connectivity index (χ2v) is 5.91. The number of rotatable bonds is 3. The number of furan rings is 1. The molecule has 0 amide bonds. The highest BCUT2D eigenvalue weighted by Crippen LogP contribution is 2.28. The number of nitriles is 1. The molecule has 0 unspecified atom stereocenters. The lowest BCUT2D eigenvalue weighted by Gasteiger charge is -2.04. The van der Waals surface area contributed by atoms with Gasteiger partial charge in [0.2, 0.25) is 0 Å². The Labute approximate surface area is 150 Å². The third kappa shape index (κ3) is 3.01. The lowest BCUT2D eigenvalue weighted by atomic mass is 9.98. The van der Waals surface area contributed by atoms with E-state index in [-0.39, 0.29) is 5.82 Å². The molecule has 0 bridgehead atoms. The molecule has 4 rings (SSSR count). The first-order valence-corrected chi connectivity index (χ1v) is 8.20. The number of halogens is 1. The fourth-order valence-corrected chi connectivity index (χ4v) is 2.97. The number of fused-ring (bicyclic) bond motifs is 1. The third-order valence-corrected chi connectivity index (χ3v) is 4.24. The molecule has 4 aromatic rings. The average molecular weight is 339 g/mol. The fourth-order valence-electron chi connectivity index (χ4n) is 2.97. The number of hydrogen-bond donors (Lipinski definition) is 0. The summed E-state index contributed by atoms with van der Waals surface area (Å²) >= 11 is 0. The van der Waals surface area contributed by atoms with Gasteiger partial charge >= 0.3 is 0 Å². The Hall–Kier alpha value is -3.64. The summed E-state index contributed by atoms with van der Waals surface area (Å²) in [5.41, 5.74) is 2.18. The maximum atomic E-state index is 13.1. The Morgan fingerprint density at radius 1 is 0.885 bits per heavy atom. The quantitative estimate of drug-likeness (QED) is 0.410. The van der Waals surface area contributed by atoms with Crippen LogP contribution in [0.3, 0.4) is 0 Å². The maximum absolute atomic E-state index is 13.1. The number of allylic oxidation sites excluding steroid dienone is 1. The predicted molar refractivity (Wildman–Crippen MR) is 102 cm³/mol. The Morgan fingerprint density at radius 3 is 2.46 bits per heavy atom. The number of hydrogen-bond acceptors (Lipinski definition) is 2. The van der Waals surface area contributed by atoms with Crippen molar-refractivity contribution in [1.82, 2.24) is 0 Å². The summed E-state index contributed by atoms with van der Waals surface area (Å²) in [4.78, 5) is 0. The van der Waals surface area contributed by atoms with Crippen LogP contribution in [0.25, 0.3) is 33.7 Å². The second-order valence-electron chi connectivity index (χ2n) is 5.91. The standard InChI is InChI=1S/C23H14FNO/c24-19-10-8-17(9-11-19)23-13-12-20(26-23)14-18(15-25)22-7-3-5-16-4-1-2-6-21(16)22/h1-14H/b18-14+. The predicted octanol–water partition coefficient (Wildman–Crippen LogP) is 6.30. The SMILES string of the molecule is N#C/C(=C\c1ccc(-c2ccc(F)cc2)o1)c1cccc2ccccc12. The van der Waals surface area contributed by atoms with Crippen LogP contribution in [-0.2, 0) is 0 Å². The van der Waals surface area contributed by atoms with Crippen LogP contribution in [0.4, 0.5) is 4.39 Å². The van der Waals surface area contributed by atoms with E-state index in [1.165, 1.54) is 12.1 Å². The van der Waals surface area contributed by atoms with Gasteiger partial charge in [0.1, 0.15) is 17.3 Å². The molecule has 1 aromatic heterocycles. The minimum Gasteiger partial charge on any atom is -0.457 e. The topological polar surface area (TPSA) is 36.9 Å². The molecule has 0 fully saturated rings. The molecule has 0 spiro atoms. The van der Waals surface area contributed by atoms with Crippen molar-refractivity contribution < 1.29 is 8.81 Å². The van der Waals surface area contributed by atoms with Crippen LogP contribution in [0.1, 0.15) is 11.3 Å². The number of nitrogens with zero attached hydrogens (tertiary/aromatic N) is 1. The van der Waals surface area contributed by atoms with E-state index in [1.54, 1.807) is 24.3 Å². The lowest BCUT2D eigenvalue weighted by molar-refractivity contribution is 0.571. The van der Waals surface area contributed by atoms with Crippen LogP contribution in [0.15, 0.2) is 83.3 Å². The summed E-state index contributed by atoms with van der Waals surface area (Å²) in [6.07, 6.45) is 1.73. The number of benzene rings is 3. The highest BCUT2D eigenvalue weighted by molar-refractivity contribution is 6.01. The molecule has 0 aliphatic carbocycles. The molecule has 0 atom stereocenters. The second kappa shape index (κ2) is 6.70. The monoisotopic (exact) mass is 339 g/mol. The van der Waals surface area contributed by atoms with Crippen molar-refractivity contribution in [3.63, 3.8) is 0 Å². The van der Waals surface area contributed by atoms with Crippen LogP contribution >= 0.6 is 0 Å². The van der Waals surface area contributed by atoms with Crippen LogP contribution in [0.2, 0.25) is 0 Å². The van der Waals surface area contributed by atoms with E-state index in [0.29, 0.717) is 17.1 Å². The van der Waals surface area contributed by atoms with Gasteiger partial charge in [0.25, 0.3) is 0 Å². The van der Waals surface area contributed by atoms with Crippen molar-refractivity contribution in [2.24, 2.45) is 0 Å². The summed E-state index contributed by atoms with van der Waals surface area (Å²) < 4.78 is 18.9. The fraction of sp³-hybridized carbons (Fsp3) is 0. The van der Waals surface area contributed by atoms with Gasteiger partial charge in [0, 0.05) is 11.1 Å². The molecule has 1 heterocycles. The summed E-state index contributed by atoms with van der Waals surface area (Å²) in [5.74, 6) is 0.920. The van der Waals surface area contributed by atoms with E-state index in [0.717, 1.165) is 21.9 Å². The van der Waals surface area contributed by atoms with Crippen LogP contribution in [0.5, 0.6) is 0 Å². The molecule has 0 aliphatic heterocycles. The van der Waals surface area contributed by atoms with Gasteiger partial charge < -0.3 is 4.42 Å². The molecule has 124 valence electrons. The van der Waals surface area contributed by atoms with Gasteiger partial charge in [-0.3, -0.25) is 0 Å². The first kappa shape index (κ1) is 15.9. The van der Waals surface area contributed by atoms with Gasteiger partial charge in [-0.2, -0.15) is 5.26 Å². The highest BCUT2D eigenvalue weighted by atomic mass is 19.1. The maximum Gasteiger partial charge on any atom is 0.134 e. The molecule has 3 heteroatoms. The molecular formula is C23H14FNO. The largest absolute Gasteiger partial charge is 0.457 e. The Kier molecular flexibility index (Phi) is 4.09. The summed E-state index contributed by atoms with van der Waals surface area (Å²) in [6.45, 7) is 0. The first-order valence-electron chi connectivity index (χ1n) is 8.20. The zero-order chi connectivity index (χ0) is 17.9. The van der Waals surface area contributed by atoms with Gasteiger partial charge in [-0.05, 0) is 53.2 Å². The molecule has 0 saturated carbocycles. The van der Waals surface area contributed by atoms with E-state index in [2.05, 4.69) is 6.07 Å². The Balaban J connectivity index is 1.75. The van der Waals surface area contributed by atoms with Crippen molar-refractivity contribution in [1.29, 1.82) is 5.26 Å². The van der Waals surface area contributed by atoms with Crippen molar-refractivity contribution in [3.8, 4) is 17.4 Å². The van der Waals surface area contributed by atoms with Gasteiger partial charge in [-0.25, -0.2) is 4.39 Å². The Morgan fingerprint density at radius 2 is 1.65 bits per heavy atom. The van der Waals surface area contributed by atoms with E-state index >= 15 is 0 Å². The molecule has 0 N–H and O–H groups in total. The van der Waals surface area contributed by atoms with Crippen LogP contribution in [-0.4, -0.2) is 0 Å². The summed E-state index contributed by atoms with van der Waals surface area (Å²) in [7, 11) is 0. The minimum atomic E-state index is -0.289. The smallest absolute Gasteiger partial charge is 0.134 e. The highest BCUT2D eigenvalue weighted by Gasteiger charge is 2.09. The third-order valence-electron chi connectivity index (χ3n) is 4.24.